The number of hydrogen-bond donors (Lipinski definition) is 2. The van der Waals surface area contributed by atoms with Gasteiger partial charge < -0.3 is 15.6 Å². The van der Waals surface area contributed by atoms with Crippen LogP contribution in [0.1, 0.15) is 30.1 Å². The van der Waals surface area contributed by atoms with E-state index in [2.05, 4.69) is 4.98 Å². The molecule has 1 fully saturated rings. The summed E-state index contributed by atoms with van der Waals surface area (Å²) in [5.41, 5.74) is 5.92. The zero-order valence-corrected chi connectivity index (χ0v) is 13.0. The number of aromatic amines is 1. The first-order chi connectivity index (χ1) is 11.0. The Balaban J connectivity index is 1.99. The van der Waals surface area contributed by atoms with Crippen molar-refractivity contribution in [3.05, 3.63) is 44.6 Å². The van der Waals surface area contributed by atoms with E-state index in [9.17, 15) is 14.4 Å². The molecule has 3 N–H and O–H groups in total. The van der Waals surface area contributed by atoms with Crippen LogP contribution in [0.5, 0.6) is 0 Å². The highest BCUT2D eigenvalue weighted by Gasteiger charge is 2.22. The molecule has 0 unspecified atom stereocenters. The van der Waals surface area contributed by atoms with Crippen LogP contribution in [-0.4, -0.2) is 39.5 Å². The van der Waals surface area contributed by atoms with Crippen LogP contribution in [0.4, 0.5) is 0 Å². The minimum atomic E-state index is -0.460. The third-order valence-corrected chi connectivity index (χ3v) is 4.37. The van der Waals surface area contributed by atoms with E-state index in [-0.39, 0.29) is 17.5 Å². The van der Waals surface area contributed by atoms with Gasteiger partial charge in [-0.3, -0.25) is 14.2 Å². The van der Waals surface area contributed by atoms with Gasteiger partial charge >= 0.3 is 5.69 Å². The Morgan fingerprint density at radius 2 is 2.00 bits per heavy atom. The van der Waals surface area contributed by atoms with Crippen molar-refractivity contribution in [2.75, 3.05) is 13.1 Å². The number of aromatic nitrogens is 2. The average molecular weight is 316 g/mol. The van der Waals surface area contributed by atoms with Gasteiger partial charge in [-0.05, 0) is 38.0 Å². The fraction of sp³-hybridized carbons (Fsp3) is 0.438. The van der Waals surface area contributed by atoms with Crippen LogP contribution < -0.4 is 17.0 Å². The fourth-order valence-electron chi connectivity index (χ4n) is 2.96. The number of hydrogen-bond acceptors (Lipinski definition) is 4. The molecular weight excluding hydrogens is 296 g/mol. The third kappa shape index (κ3) is 2.79. The van der Waals surface area contributed by atoms with Crippen LogP contribution in [0, 0.1) is 0 Å². The molecule has 0 bridgehead atoms. The summed E-state index contributed by atoms with van der Waals surface area (Å²) in [6, 6.07) is 4.97. The van der Waals surface area contributed by atoms with Crippen molar-refractivity contribution in [1.29, 1.82) is 0 Å². The van der Waals surface area contributed by atoms with Crippen LogP contribution in [0.2, 0.25) is 0 Å². The summed E-state index contributed by atoms with van der Waals surface area (Å²) in [7, 11) is 0. The van der Waals surface area contributed by atoms with Crippen LogP contribution in [0.3, 0.4) is 0 Å². The Hall–Kier alpha value is -2.41. The molecule has 23 heavy (non-hydrogen) atoms. The highest BCUT2D eigenvalue weighted by molar-refractivity contribution is 5.97. The number of likely N-dealkylation sites (tertiary alicyclic amines) is 1. The van der Waals surface area contributed by atoms with Gasteiger partial charge in [0.05, 0.1) is 10.9 Å². The molecule has 0 atom stereocenters. The molecule has 0 saturated carbocycles. The highest BCUT2D eigenvalue weighted by Crippen LogP contribution is 2.15. The lowest BCUT2D eigenvalue weighted by Crippen LogP contribution is -2.42. The second kappa shape index (κ2) is 6.00. The number of rotatable bonds is 2. The van der Waals surface area contributed by atoms with Crippen LogP contribution >= 0.6 is 0 Å². The molecular formula is C16H20N4O3. The molecule has 1 amide bonds. The van der Waals surface area contributed by atoms with Crippen molar-refractivity contribution in [1.82, 2.24) is 14.5 Å². The molecule has 2 aromatic rings. The molecule has 0 spiro atoms. The van der Waals surface area contributed by atoms with Crippen LogP contribution in [-0.2, 0) is 6.54 Å². The van der Waals surface area contributed by atoms with Crippen molar-refractivity contribution in [3.8, 4) is 0 Å². The number of carbonyl (C=O) groups excluding carboxylic acids is 1. The number of carbonyl (C=O) groups is 1. The first kappa shape index (κ1) is 15.5. The molecule has 122 valence electrons. The Morgan fingerprint density at radius 3 is 2.65 bits per heavy atom. The molecule has 7 heteroatoms. The van der Waals surface area contributed by atoms with Gasteiger partial charge in [0.1, 0.15) is 0 Å². The molecule has 1 saturated heterocycles. The normalized spacial score (nSPS) is 16.0. The van der Waals surface area contributed by atoms with Crippen molar-refractivity contribution in [3.63, 3.8) is 0 Å². The zero-order chi connectivity index (χ0) is 16.6. The van der Waals surface area contributed by atoms with E-state index in [0.717, 1.165) is 17.4 Å². The molecule has 1 aliphatic heterocycles. The lowest BCUT2D eigenvalue weighted by atomic mass is 10.0. The van der Waals surface area contributed by atoms with E-state index in [4.69, 9.17) is 5.73 Å². The van der Waals surface area contributed by atoms with Gasteiger partial charge in [-0.2, -0.15) is 0 Å². The maximum absolute atomic E-state index is 12.6. The van der Waals surface area contributed by atoms with Gasteiger partial charge in [-0.1, -0.05) is 0 Å². The van der Waals surface area contributed by atoms with Crippen molar-refractivity contribution < 1.29 is 4.79 Å². The Labute approximate surface area is 132 Å². The smallest absolute Gasteiger partial charge is 0.328 e. The first-order valence-corrected chi connectivity index (χ1v) is 7.83. The van der Waals surface area contributed by atoms with Gasteiger partial charge in [0.25, 0.3) is 11.5 Å². The lowest BCUT2D eigenvalue weighted by molar-refractivity contribution is 0.0715. The highest BCUT2D eigenvalue weighted by atomic mass is 16.2. The minimum Gasteiger partial charge on any atom is -0.339 e. The Morgan fingerprint density at radius 1 is 1.30 bits per heavy atom. The number of nitrogens with two attached hydrogens (primary N) is 1. The van der Waals surface area contributed by atoms with Crippen LogP contribution in [0.25, 0.3) is 10.9 Å². The third-order valence-electron chi connectivity index (χ3n) is 4.37. The van der Waals surface area contributed by atoms with Gasteiger partial charge in [-0.15, -0.1) is 0 Å². The molecule has 1 aliphatic rings. The van der Waals surface area contributed by atoms with E-state index in [1.165, 1.54) is 0 Å². The largest absolute Gasteiger partial charge is 0.339 e. The van der Waals surface area contributed by atoms with E-state index < -0.39 is 5.69 Å². The summed E-state index contributed by atoms with van der Waals surface area (Å²) in [5.74, 6) is -0.0979. The lowest BCUT2D eigenvalue weighted by Gasteiger charge is -2.30. The number of nitrogens with zero attached hydrogens (tertiary/aromatic N) is 2. The van der Waals surface area contributed by atoms with Crippen molar-refractivity contribution in [2.45, 2.75) is 32.4 Å². The minimum absolute atomic E-state index is 0.0979. The summed E-state index contributed by atoms with van der Waals surface area (Å²) in [4.78, 5) is 41.1. The first-order valence-electron chi connectivity index (χ1n) is 7.83. The summed E-state index contributed by atoms with van der Waals surface area (Å²) in [6.45, 7) is 3.30. The molecule has 2 heterocycles. The maximum atomic E-state index is 12.6. The SMILES string of the molecule is CCn1c(=O)[nH]c2cc(C(=O)N3CCC(N)CC3)ccc2c1=O. The van der Waals surface area contributed by atoms with Crippen molar-refractivity contribution in [2.24, 2.45) is 5.73 Å². The van der Waals surface area contributed by atoms with Gasteiger partial charge in [0, 0.05) is 31.2 Å². The molecule has 1 aromatic heterocycles. The number of fused-ring (bicyclic) bond motifs is 1. The summed E-state index contributed by atoms with van der Waals surface area (Å²) in [6.07, 6.45) is 1.58. The zero-order valence-electron chi connectivity index (χ0n) is 13.0. The summed E-state index contributed by atoms with van der Waals surface area (Å²) >= 11 is 0. The molecule has 3 rings (SSSR count). The standard InChI is InChI=1S/C16H20N4O3/c1-2-20-15(22)12-4-3-10(9-13(12)18-16(20)23)14(21)19-7-5-11(17)6-8-19/h3-4,9,11H,2,5-8,17H2,1H3,(H,18,23). The Bertz CT molecular complexity index is 860. The van der Waals surface area contributed by atoms with E-state index in [1.807, 2.05) is 0 Å². The molecule has 0 aliphatic carbocycles. The Kier molecular flexibility index (Phi) is 4.04. The average Bonchev–Trinajstić information content (AvgIpc) is 2.54. The van der Waals surface area contributed by atoms with Gasteiger partial charge in [0.15, 0.2) is 0 Å². The number of amides is 1. The second-order valence-electron chi connectivity index (χ2n) is 5.87. The van der Waals surface area contributed by atoms with Gasteiger partial charge in [-0.25, -0.2) is 4.79 Å². The number of nitrogens with one attached hydrogen (secondary N) is 1. The van der Waals surface area contributed by atoms with Crippen molar-refractivity contribution >= 4 is 16.8 Å². The van der Waals surface area contributed by atoms with Gasteiger partial charge in [0.2, 0.25) is 0 Å². The number of H-pyrrole nitrogens is 1. The molecule has 1 aromatic carbocycles. The van der Waals surface area contributed by atoms with E-state index in [0.29, 0.717) is 36.1 Å². The monoisotopic (exact) mass is 316 g/mol. The second-order valence-corrected chi connectivity index (χ2v) is 5.87. The summed E-state index contributed by atoms with van der Waals surface area (Å²) < 4.78 is 1.13. The summed E-state index contributed by atoms with van der Waals surface area (Å²) in [5, 5.41) is 0.406. The van der Waals surface area contributed by atoms with Crippen LogP contribution in [0.15, 0.2) is 27.8 Å². The molecule has 0 radical (unpaired) electrons. The predicted molar refractivity (Wildman–Crippen MR) is 87.6 cm³/mol. The fourth-order valence-corrected chi connectivity index (χ4v) is 2.96. The predicted octanol–water partition coefficient (Wildman–Crippen LogP) is 0.273. The number of piperidine rings is 1. The van der Waals surface area contributed by atoms with E-state index >= 15 is 0 Å². The van der Waals surface area contributed by atoms with E-state index in [1.54, 1.807) is 30.0 Å². The quantitative estimate of drug-likeness (QED) is 0.830. The topological polar surface area (TPSA) is 101 Å². The maximum Gasteiger partial charge on any atom is 0.328 e. The number of benzene rings is 1. The molecule has 7 nitrogen and oxygen atoms in total.